The third-order valence-corrected chi connectivity index (χ3v) is 2.56. The van der Waals surface area contributed by atoms with Crippen LogP contribution in [0, 0.1) is 11.8 Å². The average Bonchev–Trinajstić information content (AvgIpc) is 2.20. The predicted octanol–water partition coefficient (Wildman–Crippen LogP) is 2.46. The van der Waals surface area contributed by atoms with Crippen LogP contribution in [-0.2, 0) is 4.74 Å². The summed E-state index contributed by atoms with van der Waals surface area (Å²) in [6.07, 6.45) is 3.25. The minimum Gasteiger partial charge on any atom is -0.378 e. The van der Waals surface area contributed by atoms with E-state index in [0.717, 1.165) is 18.4 Å². The molecule has 0 aliphatic heterocycles. The Balaban J connectivity index is 2.38. The van der Waals surface area contributed by atoms with Crippen molar-refractivity contribution >= 4 is 0 Å². The fraction of sp³-hybridized carbons (Fsp3) is 1.00. The summed E-state index contributed by atoms with van der Waals surface area (Å²) in [5, 5.41) is 0. The van der Waals surface area contributed by atoms with Gasteiger partial charge in [-0.25, -0.2) is 0 Å². The minimum absolute atomic E-state index is 0.546. The van der Waals surface area contributed by atoms with Crippen LogP contribution in [0.4, 0.5) is 0 Å². The molecule has 0 heterocycles. The maximum atomic E-state index is 5.63. The zero-order valence-corrected chi connectivity index (χ0v) is 7.26. The van der Waals surface area contributed by atoms with Crippen LogP contribution >= 0.6 is 0 Å². The highest BCUT2D eigenvalue weighted by molar-refractivity contribution is 4.80. The van der Waals surface area contributed by atoms with Crippen molar-refractivity contribution in [1.82, 2.24) is 0 Å². The summed E-state index contributed by atoms with van der Waals surface area (Å²) in [7, 11) is 0. The van der Waals surface area contributed by atoms with E-state index in [2.05, 4.69) is 20.8 Å². The Labute approximate surface area is 63.8 Å². The van der Waals surface area contributed by atoms with E-state index in [0.29, 0.717) is 6.10 Å². The summed E-state index contributed by atoms with van der Waals surface area (Å²) < 4.78 is 5.63. The molecule has 2 unspecified atom stereocenters. The van der Waals surface area contributed by atoms with Crippen molar-refractivity contribution in [3.63, 3.8) is 0 Å². The van der Waals surface area contributed by atoms with Crippen molar-refractivity contribution in [2.24, 2.45) is 11.8 Å². The molecule has 0 aromatic carbocycles. The smallest absolute Gasteiger partial charge is 0.0625 e. The van der Waals surface area contributed by atoms with Crippen LogP contribution in [-0.4, -0.2) is 12.7 Å². The second kappa shape index (κ2) is 3.38. The molecule has 0 aromatic rings. The van der Waals surface area contributed by atoms with Crippen molar-refractivity contribution in [3.8, 4) is 0 Å². The Bertz CT molecular complexity index is 90.9. The maximum absolute atomic E-state index is 5.63. The Morgan fingerprint density at radius 3 is 2.10 bits per heavy atom. The van der Waals surface area contributed by atoms with Gasteiger partial charge in [0.2, 0.25) is 0 Å². The number of ether oxygens (including phenoxy) is 1. The largest absolute Gasteiger partial charge is 0.378 e. The molecule has 0 amide bonds. The lowest BCUT2D eigenvalue weighted by Gasteiger charge is -2.19. The van der Waals surface area contributed by atoms with E-state index >= 15 is 0 Å². The first-order chi connectivity index (χ1) is 4.75. The van der Waals surface area contributed by atoms with E-state index in [4.69, 9.17) is 4.74 Å². The van der Waals surface area contributed by atoms with E-state index in [1.54, 1.807) is 0 Å². The van der Waals surface area contributed by atoms with Crippen LogP contribution in [0.3, 0.4) is 0 Å². The Morgan fingerprint density at radius 1 is 1.20 bits per heavy atom. The van der Waals surface area contributed by atoms with Gasteiger partial charge in [0.15, 0.2) is 0 Å². The molecule has 0 radical (unpaired) electrons. The van der Waals surface area contributed by atoms with Crippen LogP contribution in [0.2, 0.25) is 0 Å². The zero-order chi connectivity index (χ0) is 7.56. The average molecular weight is 142 g/mol. The van der Waals surface area contributed by atoms with Gasteiger partial charge >= 0.3 is 0 Å². The molecule has 0 spiro atoms. The predicted molar refractivity (Wildman–Crippen MR) is 43.0 cm³/mol. The second-order valence-electron chi connectivity index (χ2n) is 3.45. The van der Waals surface area contributed by atoms with Gasteiger partial charge in [0.05, 0.1) is 6.10 Å². The molecule has 10 heavy (non-hydrogen) atoms. The number of hydrogen-bond donors (Lipinski definition) is 0. The van der Waals surface area contributed by atoms with Gasteiger partial charge in [-0.1, -0.05) is 13.8 Å². The molecule has 2 atom stereocenters. The molecule has 60 valence electrons. The van der Waals surface area contributed by atoms with E-state index in [1.165, 1.54) is 12.8 Å². The fourth-order valence-electron chi connectivity index (χ4n) is 1.94. The summed E-state index contributed by atoms with van der Waals surface area (Å²) in [4.78, 5) is 0. The molecule has 1 rings (SSSR count). The molecule has 1 aliphatic rings. The van der Waals surface area contributed by atoms with Crippen LogP contribution in [0.1, 0.15) is 33.6 Å². The lowest BCUT2D eigenvalue weighted by Crippen LogP contribution is -2.21. The van der Waals surface area contributed by atoms with Crippen LogP contribution in [0.25, 0.3) is 0 Å². The van der Waals surface area contributed by atoms with Gasteiger partial charge in [-0.3, -0.25) is 0 Å². The third-order valence-electron chi connectivity index (χ3n) is 2.56. The Kier molecular flexibility index (Phi) is 2.72. The van der Waals surface area contributed by atoms with Gasteiger partial charge in [-0.15, -0.1) is 0 Å². The zero-order valence-electron chi connectivity index (χ0n) is 7.26. The van der Waals surface area contributed by atoms with Gasteiger partial charge in [-0.05, 0) is 31.6 Å². The Hall–Kier alpha value is -0.0400. The number of rotatable bonds is 2. The molecule has 0 N–H and O–H groups in total. The molecule has 1 nitrogen and oxygen atoms in total. The molecule has 0 aromatic heterocycles. The first-order valence-electron chi connectivity index (χ1n) is 4.37. The summed E-state index contributed by atoms with van der Waals surface area (Å²) in [6.45, 7) is 7.55. The standard InChI is InChI=1S/C9H18O/c1-4-10-9-7(2)5-6-8(9)3/h7-9H,4-6H2,1-3H3. The first-order valence-corrected chi connectivity index (χ1v) is 4.37. The molecule has 1 saturated carbocycles. The molecular weight excluding hydrogens is 124 g/mol. The van der Waals surface area contributed by atoms with Gasteiger partial charge in [0.25, 0.3) is 0 Å². The lowest BCUT2D eigenvalue weighted by molar-refractivity contribution is 0.0162. The van der Waals surface area contributed by atoms with Crippen LogP contribution in [0.5, 0.6) is 0 Å². The second-order valence-corrected chi connectivity index (χ2v) is 3.45. The van der Waals surface area contributed by atoms with Crippen molar-refractivity contribution < 1.29 is 4.74 Å². The van der Waals surface area contributed by atoms with E-state index < -0.39 is 0 Å². The SMILES string of the molecule is CCOC1C(C)CCC1C. The van der Waals surface area contributed by atoms with Gasteiger partial charge in [-0.2, -0.15) is 0 Å². The normalized spacial score (nSPS) is 40.5. The van der Waals surface area contributed by atoms with E-state index in [1.807, 2.05) is 0 Å². The van der Waals surface area contributed by atoms with E-state index in [-0.39, 0.29) is 0 Å². The van der Waals surface area contributed by atoms with Crippen molar-refractivity contribution in [3.05, 3.63) is 0 Å². The molecule has 1 heteroatoms. The molecule has 0 bridgehead atoms. The first kappa shape index (κ1) is 8.06. The molecule has 0 saturated heterocycles. The highest BCUT2D eigenvalue weighted by atomic mass is 16.5. The lowest BCUT2D eigenvalue weighted by atomic mass is 10.0. The fourth-order valence-corrected chi connectivity index (χ4v) is 1.94. The minimum atomic E-state index is 0.546. The Morgan fingerprint density at radius 2 is 1.70 bits per heavy atom. The molecule has 1 aliphatic carbocycles. The van der Waals surface area contributed by atoms with Crippen molar-refractivity contribution in [2.75, 3.05) is 6.61 Å². The van der Waals surface area contributed by atoms with Gasteiger partial charge < -0.3 is 4.74 Å². The summed E-state index contributed by atoms with van der Waals surface area (Å²) >= 11 is 0. The van der Waals surface area contributed by atoms with Crippen molar-refractivity contribution in [1.29, 1.82) is 0 Å². The summed E-state index contributed by atoms with van der Waals surface area (Å²) in [5.74, 6) is 1.57. The molecular formula is C9H18O. The molecule has 1 fully saturated rings. The quantitative estimate of drug-likeness (QED) is 0.575. The monoisotopic (exact) mass is 142 g/mol. The number of hydrogen-bond acceptors (Lipinski definition) is 1. The summed E-state index contributed by atoms with van der Waals surface area (Å²) in [6, 6.07) is 0. The van der Waals surface area contributed by atoms with Crippen LogP contribution < -0.4 is 0 Å². The van der Waals surface area contributed by atoms with Crippen LogP contribution in [0.15, 0.2) is 0 Å². The van der Waals surface area contributed by atoms with Gasteiger partial charge in [0.1, 0.15) is 0 Å². The maximum Gasteiger partial charge on any atom is 0.0625 e. The highest BCUT2D eigenvalue weighted by Gasteiger charge is 2.30. The van der Waals surface area contributed by atoms with Crippen molar-refractivity contribution in [2.45, 2.75) is 39.7 Å². The highest BCUT2D eigenvalue weighted by Crippen LogP contribution is 2.32. The van der Waals surface area contributed by atoms with E-state index in [9.17, 15) is 0 Å². The summed E-state index contributed by atoms with van der Waals surface area (Å²) in [5.41, 5.74) is 0. The topological polar surface area (TPSA) is 9.23 Å². The third kappa shape index (κ3) is 1.51. The van der Waals surface area contributed by atoms with Gasteiger partial charge in [0, 0.05) is 6.61 Å².